The summed E-state index contributed by atoms with van der Waals surface area (Å²) in [7, 11) is 0.479. The molecule has 0 fully saturated rings. The predicted octanol–water partition coefficient (Wildman–Crippen LogP) is 2.18. The Hall–Kier alpha value is -3.22. The van der Waals surface area contributed by atoms with Gasteiger partial charge in [0.15, 0.2) is 11.5 Å². The number of benzene rings is 2. The number of anilines is 1. The molecule has 0 saturated heterocycles. The molecule has 2 aromatic carbocycles. The number of rotatable bonds is 11. The number of hydrogen-bond donors (Lipinski definition) is 2. The van der Waals surface area contributed by atoms with E-state index < -0.39 is 26.5 Å². The summed E-state index contributed by atoms with van der Waals surface area (Å²) in [5, 5.41) is 13.9. The molecular weight excluding hydrogens is 430 g/mol. The topological polar surface area (TPSA) is 146 Å². The van der Waals surface area contributed by atoms with E-state index in [2.05, 4.69) is 10.0 Å². The molecule has 0 aliphatic heterocycles. The third-order valence-corrected chi connectivity index (χ3v) is 5.66. The maximum Gasteiger partial charge on any atom is 0.286 e. The lowest BCUT2D eigenvalue weighted by atomic mass is 10.1. The number of nitro groups is 1. The number of nitro benzene ring substituents is 1. The second kappa shape index (κ2) is 10.7. The summed E-state index contributed by atoms with van der Waals surface area (Å²) in [6, 6.07) is 7.70. The van der Waals surface area contributed by atoms with Crippen molar-refractivity contribution in [2.45, 2.75) is 11.3 Å². The van der Waals surface area contributed by atoms with Gasteiger partial charge in [-0.05, 0) is 30.7 Å². The number of ether oxygens (including phenoxy) is 3. The summed E-state index contributed by atoms with van der Waals surface area (Å²) in [6.45, 7) is 0.646. The highest BCUT2D eigenvalue weighted by Crippen LogP contribution is 2.34. The molecule has 0 unspecified atom stereocenters. The summed E-state index contributed by atoms with van der Waals surface area (Å²) in [5.74, 6) is -0.501. The first-order valence-electron chi connectivity index (χ1n) is 9.04. The number of hydrogen-bond acceptors (Lipinski definition) is 8. The van der Waals surface area contributed by atoms with E-state index in [1.807, 2.05) is 0 Å². The Kier molecular flexibility index (Phi) is 8.30. The first kappa shape index (κ1) is 24.1. The Morgan fingerprint density at radius 3 is 2.23 bits per heavy atom. The highest BCUT2D eigenvalue weighted by atomic mass is 32.2. The molecule has 1 amide bonds. The van der Waals surface area contributed by atoms with Crippen molar-refractivity contribution in [3.8, 4) is 11.5 Å². The molecule has 2 aromatic rings. The van der Waals surface area contributed by atoms with Crippen LogP contribution >= 0.6 is 0 Å². The van der Waals surface area contributed by atoms with Crippen LogP contribution in [0.25, 0.3) is 0 Å². The summed E-state index contributed by atoms with van der Waals surface area (Å²) < 4.78 is 42.0. The normalized spacial score (nSPS) is 11.1. The lowest BCUT2D eigenvalue weighted by molar-refractivity contribution is -0.385. The zero-order valence-electron chi connectivity index (χ0n) is 17.2. The minimum absolute atomic E-state index is 0.0139. The maximum absolute atomic E-state index is 12.6. The van der Waals surface area contributed by atoms with E-state index in [1.165, 1.54) is 51.7 Å². The van der Waals surface area contributed by atoms with Crippen molar-refractivity contribution in [3.63, 3.8) is 0 Å². The number of nitrogens with zero attached hydrogens (tertiary/aromatic N) is 1. The number of carbonyl (C=O) groups excluding carboxylic acids is 1. The Morgan fingerprint density at radius 1 is 1.06 bits per heavy atom. The summed E-state index contributed by atoms with van der Waals surface area (Å²) in [4.78, 5) is 23.3. The Bertz CT molecular complexity index is 1040. The second-order valence-corrected chi connectivity index (χ2v) is 7.97. The zero-order chi connectivity index (χ0) is 23.0. The van der Waals surface area contributed by atoms with Crippen LogP contribution < -0.4 is 19.5 Å². The van der Waals surface area contributed by atoms with Gasteiger partial charge in [-0.2, -0.15) is 0 Å². The largest absolute Gasteiger partial charge is 0.493 e. The number of methoxy groups -OCH3 is 3. The molecule has 0 atom stereocenters. The highest BCUT2D eigenvalue weighted by molar-refractivity contribution is 7.89. The van der Waals surface area contributed by atoms with Crippen molar-refractivity contribution in [2.75, 3.05) is 39.8 Å². The molecule has 2 rings (SSSR count). The minimum Gasteiger partial charge on any atom is -0.493 e. The molecule has 0 aromatic heterocycles. The number of nitrogens with one attached hydrogen (secondary N) is 2. The van der Waals surface area contributed by atoms with Crippen LogP contribution in [0.1, 0.15) is 16.8 Å². The Morgan fingerprint density at radius 2 is 1.68 bits per heavy atom. The van der Waals surface area contributed by atoms with Gasteiger partial charge in [-0.3, -0.25) is 14.9 Å². The quantitative estimate of drug-likeness (QED) is 0.299. The summed E-state index contributed by atoms with van der Waals surface area (Å²) in [6.07, 6.45) is 0.522. The Balaban J connectivity index is 2.20. The van der Waals surface area contributed by atoms with Crippen molar-refractivity contribution in [2.24, 2.45) is 0 Å². The molecule has 2 N–H and O–H groups in total. The van der Waals surface area contributed by atoms with Gasteiger partial charge in [0.1, 0.15) is 5.56 Å². The number of amides is 1. The number of carbonyl (C=O) groups is 1. The molecular formula is C19H23N3O8S. The monoisotopic (exact) mass is 453 g/mol. The molecule has 0 saturated carbocycles. The van der Waals surface area contributed by atoms with Crippen LogP contribution in [0.3, 0.4) is 0 Å². The van der Waals surface area contributed by atoms with Gasteiger partial charge < -0.3 is 19.5 Å². The van der Waals surface area contributed by atoms with E-state index in [0.29, 0.717) is 13.0 Å². The predicted molar refractivity (Wildman–Crippen MR) is 112 cm³/mol. The van der Waals surface area contributed by atoms with E-state index in [9.17, 15) is 23.3 Å². The molecule has 0 heterocycles. The smallest absolute Gasteiger partial charge is 0.286 e. The molecule has 11 nitrogen and oxygen atoms in total. The van der Waals surface area contributed by atoms with Gasteiger partial charge in [0.05, 0.1) is 30.1 Å². The van der Waals surface area contributed by atoms with Gasteiger partial charge >= 0.3 is 0 Å². The van der Waals surface area contributed by atoms with Gasteiger partial charge in [0.25, 0.3) is 11.6 Å². The van der Waals surface area contributed by atoms with Crippen molar-refractivity contribution in [1.82, 2.24) is 4.72 Å². The van der Waals surface area contributed by atoms with Gasteiger partial charge in [0.2, 0.25) is 10.0 Å². The van der Waals surface area contributed by atoms with Crippen molar-refractivity contribution in [3.05, 3.63) is 52.1 Å². The van der Waals surface area contributed by atoms with E-state index in [4.69, 9.17) is 14.2 Å². The fourth-order valence-corrected chi connectivity index (χ4v) is 3.70. The summed E-state index contributed by atoms with van der Waals surface area (Å²) >= 11 is 0. The van der Waals surface area contributed by atoms with Crippen LogP contribution in [0.4, 0.5) is 11.4 Å². The van der Waals surface area contributed by atoms with Gasteiger partial charge in [0, 0.05) is 32.0 Å². The lowest BCUT2D eigenvalue weighted by Crippen LogP contribution is -2.25. The lowest BCUT2D eigenvalue weighted by Gasteiger charge is -2.11. The molecule has 168 valence electrons. The first-order chi connectivity index (χ1) is 14.7. The van der Waals surface area contributed by atoms with Gasteiger partial charge in [-0.1, -0.05) is 0 Å². The molecule has 31 heavy (non-hydrogen) atoms. The molecule has 0 aliphatic carbocycles. The van der Waals surface area contributed by atoms with Crippen LogP contribution in [0, 0.1) is 10.1 Å². The molecule has 0 bridgehead atoms. The van der Waals surface area contributed by atoms with Crippen molar-refractivity contribution in [1.29, 1.82) is 0 Å². The third kappa shape index (κ3) is 6.13. The van der Waals surface area contributed by atoms with E-state index in [-0.39, 0.29) is 34.2 Å². The fraction of sp³-hybridized carbons (Fsp3) is 0.316. The van der Waals surface area contributed by atoms with Crippen LogP contribution in [0.15, 0.2) is 41.3 Å². The third-order valence-electron chi connectivity index (χ3n) is 4.18. The van der Waals surface area contributed by atoms with Crippen LogP contribution in [-0.4, -0.2) is 53.7 Å². The molecule has 0 radical (unpaired) electrons. The van der Waals surface area contributed by atoms with E-state index >= 15 is 0 Å². The summed E-state index contributed by atoms with van der Waals surface area (Å²) in [5.41, 5.74) is -0.443. The molecule has 12 heteroatoms. The van der Waals surface area contributed by atoms with Crippen molar-refractivity contribution >= 4 is 27.3 Å². The molecule has 0 aliphatic rings. The Labute approximate surface area is 179 Å². The van der Waals surface area contributed by atoms with E-state index in [1.54, 1.807) is 0 Å². The van der Waals surface area contributed by atoms with Crippen molar-refractivity contribution < 1.29 is 32.3 Å². The van der Waals surface area contributed by atoms with Crippen LogP contribution in [0.5, 0.6) is 11.5 Å². The average molecular weight is 453 g/mol. The van der Waals surface area contributed by atoms with Crippen LogP contribution in [-0.2, 0) is 14.8 Å². The van der Waals surface area contributed by atoms with E-state index in [0.717, 1.165) is 6.07 Å². The average Bonchev–Trinajstić information content (AvgIpc) is 2.76. The molecule has 0 spiro atoms. The number of sulfonamides is 1. The second-order valence-electron chi connectivity index (χ2n) is 6.20. The fourth-order valence-electron chi connectivity index (χ4n) is 2.62. The minimum atomic E-state index is -3.71. The van der Waals surface area contributed by atoms with Gasteiger partial charge in [-0.15, -0.1) is 0 Å². The standard InChI is InChI=1S/C19H23N3O8S/c1-28-10-4-9-20-31(26,27)14-7-5-13(6-8-14)21-19(23)15-11-17(29-2)18(30-3)12-16(15)22(24)25/h5-8,11-12,20H,4,9-10H2,1-3H3,(H,21,23). The van der Waals surface area contributed by atoms with Crippen LogP contribution in [0.2, 0.25) is 0 Å². The zero-order valence-corrected chi connectivity index (χ0v) is 18.0. The highest BCUT2D eigenvalue weighted by Gasteiger charge is 2.25. The van der Waals surface area contributed by atoms with Gasteiger partial charge in [-0.25, -0.2) is 13.1 Å². The first-order valence-corrected chi connectivity index (χ1v) is 10.5. The maximum atomic E-state index is 12.6. The SMILES string of the molecule is COCCCNS(=O)(=O)c1ccc(NC(=O)c2cc(OC)c(OC)cc2[N+](=O)[O-])cc1.